The number of imidazole rings is 1. The van der Waals surface area contributed by atoms with Gasteiger partial charge in [-0.2, -0.15) is 0 Å². The molecular formula is C19H23ClN2O4S. The van der Waals surface area contributed by atoms with Gasteiger partial charge in [-0.25, -0.2) is 9.78 Å². The van der Waals surface area contributed by atoms with Gasteiger partial charge >= 0.3 is 5.97 Å². The van der Waals surface area contributed by atoms with Crippen molar-refractivity contribution in [3.05, 3.63) is 34.2 Å². The number of aromatic nitrogens is 2. The molecule has 3 rings (SSSR count). The number of ether oxygens (including phenoxy) is 2. The molecule has 0 unspecified atom stereocenters. The van der Waals surface area contributed by atoms with E-state index in [1.54, 1.807) is 10.6 Å². The Bertz CT molecular complexity index is 851. The minimum atomic E-state index is -0.981. The summed E-state index contributed by atoms with van der Waals surface area (Å²) in [5, 5.41) is 11.2. The molecule has 8 heteroatoms. The van der Waals surface area contributed by atoms with Crippen LogP contribution in [0.2, 0.25) is 5.02 Å². The average Bonchev–Trinajstić information content (AvgIpc) is 3.17. The summed E-state index contributed by atoms with van der Waals surface area (Å²) < 4.78 is 12.6. The fraction of sp³-hybridized carbons (Fsp3) is 0.474. The number of aryl methyl sites for hydroxylation is 1. The smallest absolute Gasteiger partial charge is 0.355 e. The largest absolute Gasteiger partial charge is 0.476 e. The summed E-state index contributed by atoms with van der Waals surface area (Å²) in [6, 6.07) is 3.53. The quantitative estimate of drug-likeness (QED) is 0.627. The Morgan fingerprint density at radius 2 is 2.07 bits per heavy atom. The van der Waals surface area contributed by atoms with Gasteiger partial charge in [-0.1, -0.05) is 38.8 Å². The molecule has 6 nitrogen and oxygen atoms in total. The maximum Gasteiger partial charge on any atom is 0.355 e. The maximum atomic E-state index is 12.0. The van der Waals surface area contributed by atoms with Gasteiger partial charge in [0.25, 0.3) is 0 Å². The van der Waals surface area contributed by atoms with Crippen molar-refractivity contribution in [2.24, 2.45) is 0 Å². The Hall–Kier alpha value is -1.86. The SMILES string of the molecule is CCCCc1nc(SC(C)C)c(C(=O)O)n1Cc1cc2c(cc1Cl)OCO2. The molecule has 0 saturated carbocycles. The van der Waals surface area contributed by atoms with Crippen LogP contribution in [-0.4, -0.2) is 32.7 Å². The Labute approximate surface area is 167 Å². The summed E-state index contributed by atoms with van der Waals surface area (Å²) in [6.07, 6.45) is 2.67. The van der Waals surface area contributed by atoms with E-state index in [1.807, 2.05) is 19.9 Å². The fourth-order valence-corrected chi connectivity index (χ4v) is 4.06. The van der Waals surface area contributed by atoms with E-state index in [1.165, 1.54) is 11.8 Å². The summed E-state index contributed by atoms with van der Waals surface area (Å²) in [5.74, 6) is 1.02. The van der Waals surface area contributed by atoms with Crippen molar-refractivity contribution >= 4 is 29.3 Å². The molecule has 0 bridgehead atoms. The molecule has 1 aliphatic heterocycles. The molecule has 0 saturated heterocycles. The number of fused-ring (bicyclic) bond motifs is 1. The number of carboxylic acid groups (broad SMARTS) is 1. The van der Waals surface area contributed by atoms with E-state index in [9.17, 15) is 9.90 Å². The van der Waals surface area contributed by atoms with Crippen LogP contribution in [0.25, 0.3) is 0 Å². The van der Waals surface area contributed by atoms with Gasteiger partial charge in [-0.05, 0) is 18.1 Å². The maximum absolute atomic E-state index is 12.0. The zero-order chi connectivity index (χ0) is 19.6. The number of carbonyl (C=O) groups is 1. The van der Waals surface area contributed by atoms with Crippen LogP contribution in [0.1, 0.15) is 55.5 Å². The van der Waals surface area contributed by atoms with Crippen LogP contribution in [0.5, 0.6) is 11.5 Å². The first-order chi connectivity index (χ1) is 12.9. The molecule has 0 aliphatic carbocycles. The van der Waals surface area contributed by atoms with E-state index in [-0.39, 0.29) is 17.7 Å². The van der Waals surface area contributed by atoms with Gasteiger partial charge in [0.2, 0.25) is 6.79 Å². The highest BCUT2D eigenvalue weighted by molar-refractivity contribution is 7.99. The Morgan fingerprint density at radius 3 is 2.70 bits per heavy atom. The number of hydrogen-bond acceptors (Lipinski definition) is 5. The highest BCUT2D eigenvalue weighted by Crippen LogP contribution is 2.38. The summed E-state index contributed by atoms with van der Waals surface area (Å²) in [7, 11) is 0. The van der Waals surface area contributed by atoms with Crippen LogP contribution in [0.4, 0.5) is 0 Å². The van der Waals surface area contributed by atoms with E-state index in [4.69, 9.17) is 21.1 Å². The average molecular weight is 411 g/mol. The van der Waals surface area contributed by atoms with Gasteiger partial charge in [0, 0.05) is 22.8 Å². The molecule has 1 aliphatic rings. The number of rotatable bonds is 8. The van der Waals surface area contributed by atoms with Crippen LogP contribution in [0.3, 0.4) is 0 Å². The van der Waals surface area contributed by atoms with Crippen molar-refractivity contribution in [3.63, 3.8) is 0 Å². The van der Waals surface area contributed by atoms with Gasteiger partial charge in [0.1, 0.15) is 10.9 Å². The van der Waals surface area contributed by atoms with E-state index >= 15 is 0 Å². The normalized spacial score (nSPS) is 12.8. The number of halogens is 1. The third-order valence-electron chi connectivity index (χ3n) is 4.19. The summed E-state index contributed by atoms with van der Waals surface area (Å²) in [5.41, 5.74) is 0.994. The number of unbranched alkanes of at least 4 members (excludes halogenated alkanes) is 1. The lowest BCUT2D eigenvalue weighted by atomic mass is 10.2. The molecule has 1 aromatic carbocycles. The third kappa shape index (κ3) is 4.35. The number of benzene rings is 1. The van der Waals surface area contributed by atoms with Crippen LogP contribution < -0.4 is 9.47 Å². The predicted molar refractivity (Wildman–Crippen MR) is 105 cm³/mol. The topological polar surface area (TPSA) is 73.6 Å². The zero-order valence-electron chi connectivity index (χ0n) is 15.6. The van der Waals surface area contributed by atoms with Crippen molar-refractivity contribution < 1.29 is 19.4 Å². The number of carboxylic acids is 1. The highest BCUT2D eigenvalue weighted by atomic mass is 35.5. The van der Waals surface area contributed by atoms with Crippen molar-refractivity contribution in [1.29, 1.82) is 0 Å². The lowest BCUT2D eigenvalue weighted by molar-refractivity contribution is 0.0681. The van der Waals surface area contributed by atoms with Crippen LogP contribution >= 0.6 is 23.4 Å². The summed E-state index contributed by atoms with van der Waals surface area (Å²) >= 11 is 7.88. The molecule has 146 valence electrons. The standard InChI is InChI=1S/C19H23ClN2O4S/c1-4-5-6-16-21-18(27-11(2)3)17(19(23)24)22(16)9-12-7-14-15(8-13(12)20)26-10-25-14/h7-8,11H,4-6,9-10H2,1-3H3,(H,23,24). The van der Waals surface area contributed by atoms with E-state index in [2.05, 4.69) is 11.9 Å². The van der Waals surface area contributed by atoms with Gasteiger partial charge in [0.15, 0.2) is 17.2 Å². The van der Waals surface area contributed by atoms with Crippen molar-refractivity contribution in [1.82, 2.24) is 9.55 Å². The number of thioether (sulfide) groups is 1. The minimum absolute atomic E-state index is 0.164. The molecule has 0 radical (unpaired) electrons. The van der Waals surface area contributed by atoms with E-state index in [0.29, 0.717) is 28.1 Å². The summed E-state index contributed by atoms with van der Waals surface area (Å²) in [6.45, 7) is 6.63. The number of nitrogens with zero attached hydrogens (tertiary/aromatic N) is 2. The monoisotopic (exact) mass is 410 g/mol. The first-order valence-electron chi connectivity index (χ1n) is 8.98. The predicted octanol–water partition coefficient (Wildman–Crippen LogP) is 4.85. The zero-order valence-corrected chi connectivity index (χ0v) is 17.2. The molecule has 2 aromatic rings. The number of hydrogen-bond donors (Lipinski definition) is 1. The van der Waals surface area contributed by atoms with Gasteiger partial charge in [0.05, 0.1) is 6.54 Å². The molecule has 1 N–H and O–H groups in total. The Kier molecular flexibility index (Phi) is 6.22. The first kappa shape index (κ1) is 19.9. The molecule has 27 heavy (non-hydrogen) atoms. The van der Waals surface area contributed by atoms with Crippen molar-refractivity contribution in [3.8, 4) is 11.5 Å². The first-order valence-corrected chi connectivity index (χ1v) is 10.2. The van der Waals surface area contributed by atoms with E-state index in [0.717, 1.165) is 30.7 Å². The number of aromatic carboxylic acids is 1. The second kappa shape index (κ2) is 8.44. The molecule has 0 fully saturated rings. The molecular weight excluding hydrogens is 388 g/mol. The second-order valence-electron chi connectivity index (χ2n) is 6.64. The third-order valence-corrected chi connectivity index (χ3v) is 5.52. The molecule has 0 amide bonds. The van der Waals surface area contributed by atoms with Crippen LogP contribution in [0, 0.1) is 0 Å². The molecule has 0 atom stereocenters. The Balaban J connectivity index is 2.04. The van der Waals surface area contributed by atoms with Gasteiger partial charge in [-0.3, -0.25) is 0 Å². The second-order valence-corrected chi connectivity index (χ2v) is 8.61. The Morgan fingerprint density at radius 1 is 1.37 bits per heavy atom. The highest BCUT2D eigenvalue weighted by Gasteiger charge is 2.25. The molecule has 1 aromatic heterocycles. The van der Waals surface area contributed by atoms with Crippen molar-refractivity contribution in [2.45, 2.75) is 56.9 Å². The fourth-order valence-electron chi connectivity index (χ4n) is 2.93. The van der Waals surface area contributed by atoms with Crippen LogP contribution in [0.15, 0.2) is 17.2 Å². The van der Waals surface area contributed by atoms with Gasteiger partial charge in [-0.15, -0.1) is 11.8 Å². The van der Waals surface area contributed by atoms with Crippen LogP contribution in [-0.2, 0) is 13.0 Å². The molecule has 2 heterocycles. The molecule has 0 spiro atoms. The lowest BCUT2D eigenvalue weighted by Crippen LogP contribution is -2.13. The lowest BCUT2D eigenvalue weighted by Gasteiger charge is -2.12. The summed E-state index contributed by atoms with van der Waals surface area (Å²) in [4.78, 5) is 16.7. The minimum Gasteiger partial charge on any atom is -0.476 e. The van der Waals surface area contributed by atoms with E-state index < -0.39 is 5.97 Å². The van der Waals surface area contributed by atoms with Gasteiger partial charge < -0.3 is 19.1 Å². The van der Waals surface area contributed by atoms with Crippen molar-refractivity contribution in [2.75, 3.05) is 6.79 Å².